The molecule has 8 saturated carbocycles. The first-order valence-corrected chi connectivity index (χ1v) is 22.2. The van der Waals surface area contributed by atoms with Crippen LogP contribution in [0.2, 0.25) is 0 Å². The number of anilines is 2. The highest BCUT2D eigenvalue weighted by atomic mass is 16.6. The van der Waals surface area contributed by atoms with E-state index in [2.05, 4.69) is 55.2 Å². The summed E-state index contributed by atoms with van der Waals surface area (Å²) in [5.41, 5.74) is 19.4. The molecule has 9 unspecified atom stereocenters. The summed E-state index contributed by atoms with van der Waals surface area (Å²) in [6, 6.07) is 0. The number of aromatic nitrogens is 8. The lowest BCUT2D eigenvalue weighted by Crippen LogP contribution is -2.81. The molecule has 8 fully saturated rings. The van der Waals surface area contributed by atoms with E-state index in [0.29, 0.717) is 11.8 Å². The van der Waals surface area contributed by atoms with Crippen molar-refractivity contribution in [2.24, 2.45) is 33.5 Å². The van der Waals surface area contributed by atoms with Crippen LogP contribution in [0.3, 0.4) is 0 Å². The number of rotatable bonds is 13. The van der Waals surface area contributed by atoms with Crippen molar-refractivity contribution >= 4 is 46.2 Å². The monoisotopic (exact) mass is 912 g/mol. The van der Waals surface area contributed by atoms with E-state index in [1.807, 2.05) is 0 Å². The lowest BCUT2D eigenvalue weighted by molar-refractivity contribution is -0.514. The highest BCUT2D eigenvalue weighted by molar-refractivity contribution is 5.78. The highest BCUT2D eigenvalue weighted by Crippen LogP contribution is 2.66. The number of fused-ring (bicyclic) bond motifs is 2. The second kappa shape index (κ2) is 17.0. The van der Waals surface area contributed by atoms with Crippen molar-refractivity contribution in [3.05, 3.63) is 33.4 Å². The molecule has 0 radical (unpaired) electrons. The van der Waals surface area contributed by atoms with Gasteiger partial charge >= 0.3 is 11.9 Å². The third-order valence-corrected chi connectivity index (χ3v) is 14.7. The molecule has 9 atom stereocenters. The van der Waals surface area contributed by atoms with Crippen molar-refractivity contribution in [3.8, 4) is 0 Å². The number of H-pyrrole nitrogens is 2. The van der Waals surface area contributed by atoms with Gasteiger partial charge in [0.25, 0.3) is 11.1 Å². The van der Waals surface area contributed by atoms with Gasteiger partial charge < -0.3 is 57.6 Å². The van der Waals surface area contributed by atoms with Crippen molar-refractivity contribution < 1.29 is 55.7 Å². The number of nitrogens with two attached hydrogens (primary N) is 2. The molecule has 8 bridgehead atoms. The number of hydrogen-bond acceptors (Lipinski definition) is 16. The predicted molar refractivity (Wildman–Crippen MR) is 229 cm³/mol. The average molecular weight is 913 g/mol. The lowest BCUT2D eigenvalue weighted by Gasteiger charge is -2.61. The van der Waals surface area contributed by atoms with Crippen molar-refractivity contribution in [1.82, 2.24) is 39.0 Å². The van der Waals surface area contributed by atoms with Crippen LogP contribution in [0.4, 0.5) is 11.9 Å². The zero-order chi connectivity index (χ0) is 46.7. The van der Waals surface area contributed by atoms with Crippen LogP contribution in [0.1, 0.15) is 90.9 Å². The van der Waals surface area contributed by atoms with E-state index < -0.39 is 40.1 Å². The number of ether oxygens (including phenoxy) is 3. The molecule has 8 aliphatic carbocycles. The molecule has 0 saturated heterocycles. The number of nitrogen functional groups attached to an aromatic ring is 2. The van der Waals surface area contributed by atoms with Crippen LogP contribution in [-0.4, -0.2) is 121 Å². The van der Waals surface area contributed by atoms with Crippen LogP contribution < -0.4 is 34.1 Å². The van der Waals surface area contributed by atoms with Crippen LogP contribution in [0.5, 0.6) is 0 Å². The second-order valence-electron chi connectivity index (χ2n) is 21.2. The summed E-state index contributed by atoms with van der Waals surface area (Å²) in [6.07, 6.45) is 13.4. The summed E-state index contributed by atoms with van der Waals surface area (Å²) < 4.78 is 19.6. The summed E-state index contributed by atoms with van der Waals surface area (Å²) in [4.78, 5) is 68.8. The van der Waals surface area contributed by atoms with E-state index in [4.69, 9.17) is 35.9 Å². The Kier molecular flexibility index (Phi) is 12.2. The number of nitrogens with one attached hydrogen (secondary N) is 2. The van der Waals surface area contributed by atoms with Crippen molar-refractivity contribution in [1.29, 1.82) is 0 Å². The Morgan fingerprint density at radius 2 is 1.17 bits per heavy atom. The standard InChI is InChI=1S/C21H30N6O5.C12H19NO2.C9H13N5O4/c1-19-2-12-3-20(7-19,9-21(23,4-12)8-19)17(30)31-6-13(5-28)32-11-27-10-24-14-15(27)25-18(22)26-16(14)29;1-10-2-8-3-11(5-10,9(14)15)7-12(13,4-8)6-10;10-9-12-7-6(8(17)13-9)11-3-14(7)4-18-5(1-15)2-16/h10,12-13,28H,2-9,11,23H2,1H3,(H3,22,25,26,29);8H,2-7,13H2,1H3,(H,14,15);3,5,15-16H,1-2,4H2,(H3,10,12,13,17)/p+2. The lowest BCUT2D eigenvalue weighted by atomic mass is 9.42. The molecular formula is C42H64N12O11+2. The Hall–Kier alpha value is -5.04. The molecule has 23 heteroatoms. The van der Waals surface area contributed by atoms with Crippen LogP contribution in [-0.2, 0) is 37.3 Å². The first-order chi connectivity index (χ1) is 30.6. The van der Waals surface area contributed by atoms with Crippen LogP contribution in [0.25, 0.3) is 22.3 Å². The van der Waals surface area contributed by atoms with Gasteiger partial charge in [0.15, 0.2) is 22.3 Å². The second-order valence-corrected chi connectivity index (χ2v) is 21.2. The van der Waals surface area contributed by atoms with E-state index in [1.165, 1.54) is 34.6 Å². The maximum atomic E-state index is 13.2. The van der Waals surface area contributed by atoms with Gasteiger partial charge in [-0.3, -0.25) is 38.3 Å². The number of carboxylic acids is 1. The maximum Gasteiger partial charge on any atom is 0.312 e. The molecule has 8 aliphatic rings. The molecular weight excluding hydrogens is 849 g/mol. The molecule has 0 aromatic carbocycles. The molecule has 4 heterocycles. The molecule has 4 aromatic rings. The number of aliphatic carboxylic acids is 1. The molecule has 356 valence electrons. The summed E-state index contributed by atoms with van der Waals surface area (Å²) in [7, 11) is 0. The number of imidazole rings is 2. The van der Waals surface area contributed by atoms with Gasteiger partial charge in [-0.05, 0) is 61.2 Å². The largest absolute Gasteiger partial charge is 0.481 e. The minimum atomic E-state index is -0.714. The summed E-state index contributed by atoms with van der Waals surface area (Å²) >= 11 is 0. The average Bonchev–Trinajstić information content (AvgIpc) is 3.80. The summed E-state index contributed by atoms with van der Waals surface area (Å²) in [6.45, 7) is 3.54. The minimum absolute atomic E-state index is 0.00181. The van der Waals surface area contributed by atoms with Gasteiger partial charge in [-0.2, -0.15) is 9.97 Å². The fraction of sp³-hybridized carbons (Fsp3) is 0.714. The number of quaternary nitrogens is 2. The SMILES string of the molecule is CC12CC3CC([NH3+])(C1)CC(C(=O)O)(C3)C2.CC12CC3CC([NH3+])(C1)CC(C(=O)OCC(CO)OCn1cnc4c(=O)[nH]c(N)nc41)(C3)C2.Nc1nc2c(ncn2COC(CO)CO)c(=O)[nH]1. The number of carboxylic acid groups (broad SMARTS) is 1. The Morgan fingerprint density at radius 1 is 0.723 bits per heavy atom. The van der Waals surface area contributed by atoms with E-state index in [1.54, 1.807) is 0 Å². The van der Waals surface area contributed by atoms with Crippen LogP contribution >= 0.6 is 0 Å². The third kappa shape index (κ3) is 9.23. The Balaban J connectivity index is 0.000000147. The van der Waals surface area contributed by atoms with E-state index in [0.717, 1.165) is 64.2 Å². The number of carbonyl (C=O) groups is 2. The number of esters is 1. The zero-order valence-electron chi connectivity index (χ0n) is 37.1. The Bertz CT molecular complexity index is 2520. The van der Waals surface area contributed by atoms with Gasteiger partial charge in [0.05, 0.1) is 54.4 Å². The minimum Gasteiger partial charge on any atom is -0.481 e. The predicted octanol–water partition coefficient (Wildman–Crippen LogP) is -1.38. The summed E-state index contributed by atoms with van der Waals surface area (Å²) in [5.74, 6) is 0.353. The first-order valence-electron chi connectivity index (χ1n) is 22.2. The first kappa shape index (κ1) is 46.5. The molecule has 16 N–H and O–H groups in total. The molecule has 0 spiro atoms. The van der Waals surface area contributed by atoms with Gasteiger partial charge in [-0.1, -0.05) is 13.8 Å². The smallest absolute Gasteiger partial charge is 0.312 e. The van der Waals surface area contributed by atoms with E-state index >= 15 is 0 Å². The molecule has 0 aliphatic heterocycles. The number of aliphatic hydroxyl groups is 3. The Labute approximate surface area is 372 Å². The van der Waals surface area contributed by atoms with Crippen molar-refractivity contribution in [2.75, 3.05) is 37.9 Å². The number of carbonyl (C=O) groups excluding carboxylic acids is 1. The van der Waals surface area contributed by atoms with Crippen LogP contribution in [0.15, 0.2) is 22.2 Å². The molecule has 0 amide bonds. The van der Waals surface area contributed by atoms with Crippen LogP contribution in [0, 0.1) is 33.5 Å². The topological polar surface area (TPSA) is 377 Å². The van der Waals surface area contributed by atoms with Crippen molar-refractivity contribution in [2.45, 2.75) is 128 Å². The normalized spacial score (nSPS) is 33.2. The molecule has 65 heavy (non-hydrogen) atoms. The fourth-order valence-electron chi connectivity index (χ4n) is 13.9. The van der Waals surface area contributed by atoms with E-state index in [-0.39, 0.29) is 102 Å². The number of aliphatic hydroxyl groups excluding tert-OH is 3. The highest BCUT2D eigenvalue weighted by Gasteiger charge is 2.67. The number of hydrogen-bond donors (Lipinski definition) is 10. The maximum absolute atomic E-state index is 13.2. The summed E-state index contributed by atoms with van der Waals surface area (Å²) in [5, 5.41) is 36.9. The van der Waals surface area contributed by atoms with Gasteiger partial charge in [-0.25, -0.2) is 9.97 Å². The quantitative estimate of drug-likeness (QED) is 0.0691. The zero-order valence-corrected chi connectivity index (χ0v) is 37.1. The van der Waals surface area contributed by atoms with E-state index in [9.17, 15) is 29.4 Å². The molecule has 12 rings (SSSR count). The molecule has 23 nitrogen and oxygen atoms in total. The Morgan fingerprint density at radius 3 is 1.62 bits per heavy atom. The van der Waals surface area contributed by atoms with Crippen molar-refractivity contribution in [3.63, 3.8) is 0 Å². The number of aromatic amines is 2. The van der Waals surface area contributed by atoms with Gasteiger partial charge in [0.1, 0.15) is 32.3 Å². The fourth-order valence-corrected chi connectivity index (χ4v) is 13.9. The third-order valence-electron chi connectivity index (χ3n) is 14.7. The van der Waals surface area contributed by atoms with Gasteiger partial charge in [-0.15, -0.1) is 0 Å². The van der Waals surface area contributed by atoms with Gasteiger partial charge in [0.2, 0.25) is 11.9 Å². The molecule has 4 aromatic heterocycles. The number of nitrogens with zero attached hydrogens (tertiary/aromatic N) is 6. The van der Waals surface area contributed by atoms with Gasteiger partial charge in [0, 0.05) is 38.5 Å².